The fourth-order valence-corrected chi connectivity index (χ4v) is 2.15. The zero-order chi connectivity index (χ0) is 13.0. The molecule has 0 bridgehead atoms. The Labute approximate surface area is 106 Å². The molecule has 0 saturated heterocycles. The lowest BCUT2D eigenvalue weighted by Gasteiger charge is -2.22. The first-order valence-electron chi connectivity index (χ1n) is 6.08. The molecular weight excluding hydrogens is 234 g/mol. The molecule has 6 nitrogen and oxygen atoms in total. The minimum absolute atomic E-state index is 0.409. The lowest BCUT2D eigenvalue weighted by molar-refractivity contribution is 0.0612. The van der Waals surface area contributed by atoms with Crippen molar-refractivity contribution in [3.8, 4) is 11.8 Å². The molecule has 1 aliphatic rings. The highest BCUT2D eigenvalue weighted by Gasteiger charge is 2.30. The highest BCUT2D eigenvalue weighted by Crippen LogP contribution is 2.29. The predicted octanol–water partition coefficient (Wildman–Crippen LogP) is 1.21. The molecular formula is C12H19N3O3. The van der Waals surface area contributed by atoms with Crippen LogP contribution in [0.3, 0.4) is 0 Å². The lowest BCUT2D eigenvalue weighted by Crippen LogP contribution is -2.33. The number of methoxy groups -OCH3 is 2. The highest BCUT2D eigenvalue weighted by molar-refractivity contribution is 5.34. The molecule has 1 saturated carbocycles. The number of anilines is 1. The van der Waals surface area contributed by atoms with Gasteiger partial charge in [-0.1, -0.05) is 12.8 Å². The van der Waals surface area contributed by atoms with E-state index < -0.39 is 5.60 Å². The third-order valence-electron chi connectivity index (χ3n) is 3.21. The molecule has 0 aliphatic heterocycles. The summed E-state index contributed by atoms with van der Waals surface area (Å²) in [5, 5.41) is 13.3. The second kappa shape index (κ2) is 5.39. The average molecular weight is 253 g/mol. The van der Waals surface area contributed by atoms with E-state index in [2.05, 4.69) is 15.3 Å². The molecule has 0 unspecified atom stereocenters. The average Bonchev–Trinajstić information content (AvgIpc) is 2.83. The number of ether oxygens (including phenoxy) is 2. The minimum atomic E-state index is -0.639. The van der Waals surface area contributed by atoms with Crippen LogP contribution in [-0.2, 0) is 0 Å². The number of nitrogens with one attached hydrogen (secondary N) is 1. The Morgan fingerprint density at radius 1 is 1.22 bits per heavy atom. The monoisotopic (exact) mass is 253 g/mol. The van der Waals surface area contributed by atoms with Crippen molar-refractivity contribution >= 4 is 5.95 Å². The summed E-state index contributed by atoms with van der Waals surface area (Å²) in [6.07, 6.45) is 3.78. The molecule has 1 fully saturated rings. The molecule has 0 spiro atoms. The van der Waals surface area contributed by atoms with Crippen LogP contribution in [0, 0.1) is 0 Å². The quantitative estimate of drug-likeness (QED) is 0.821. The molecule has 0 amide bonds. The van der Waals surface area contributed by atoms with Crippen molar-refractivity contribution in [3.63, 3.8) is 0 Å². The van der Waals surface area contributed by atoms with E-state index in [4.69, 9.17) is 9.47 Å². The number of nitrogens with zero attached hydrogens (tertiary/aromatic N) is 2. The van der Waals surface area contributed by atoms with Gasteiger partial charge >= 0.3 is 0 Å². The molecule has 18 heavy (non-hydrogen) atoms. The van der Waals surface area contributed by atoms with Gasteiger partial charge in [0.2, 0.25) is 17.7 Å². The van der Waals surface area contributed by atoms with E-state index in [1.807, 2.05) is 0 Å². The van der Waals surface area contributed by atoms with Gasteiger partial charge in [0, 0.05) is 6.54 Å². The Hall–Kier alpha value is -1.56. The van der Waals surface area contributed by atoms with Crippen molar-refractivity contribution in [2.45, 2.75) is 31.3 Å². The van der Waals surface area contributed by atoms with Crippen LogP contribution in [0.5, 0.6) is 11.8 Å². The van der Waals surface area contributed by atoms with Crippen LogP contribution in [0.1, 0.15) is 25.7 Å². The van der Waals surface area contributed by atoms with Crippen molar-refractivity contribution < 1.29 is 14.6 Å². The van der Waals surface area contributed by atoms with E-state index in [1.165, 1.54) is 14.2 Å². The van der Waals surface area contributed by atoms with E-state index in [0.29, 0.717) is 24.3 Å². The second-order valence-corrected chi connectivity index (χ2v) is 4.56. The molecule has 6 heteroatoms. The second-order valence-electron chi connectivity index (χ2n) is 4.56. The van der Waals surface area contributed by atoms with Crippen molar-refractivity contribution in [1.82, 2.24) is 9.97 Å². The van der Waals surface area contributed by atoms with E-state index in [1.54, 1.807) is 6.07 Å². The van der Waals surface area contributed by atoms with Crippen molar-refractivity contribution in [3.05, 3.63) is 6.07 Å². The molecule has 1 aliphatic carbocycles. The summed E-state index contributed by atoms with van der Waals surface area (Å²) >= 11 is 0. The molecule has 1 aromatic rings. The van der Waals surface area contributed by atoms with Crippen molar-refractivity contribution in [2.24, 2.45) is 0 Å². The first-order chi connectivity index (χ1) is 8.65. The van der Waals surface area contributed by atoms with Crippen molar-refractivity contribution in [1.29, 1.82) is 0 Å². The molecule has 0 radical (unpaired) electrons. The van der Waals surface area contributed by atoms with Crippen LogP contribution in [0.2, 0.25) is 0 Å². The normalized spacial score (nSPS) is 17.5. The minimum Gasteiger partial charge on any atom is -0.481 e. The van der Waals surface area contributed by atoms with Gasteiger partial charge in [-0.2, -0.15) is 9.97 Å². The van der Waals surface area contributed by atoms with Gasteiger partial charge < -0.3 is 19.9 Å². The highest BCUT2D eigenvalue weighted by atomic mass is 16.5. The number of hydrogen-bond acceptors (Lipinski definition) is 6. The van der Waals surface area contributed by atoms with Gasteiger partial charge in [-0.05, 0) is 12.8 Å². The molecule has 0 aromatic carbocycles. The van der Waals surface area contributed by atoms with E-state index in [-0.39, 0.29) is 0 Å². The summed E-state index contributed by atoms with van der Waals surface area (Å²) < 4.78 is 10.1. The summed E-state index contributed by atoms with van der Waals surface area (Å²) in [6.45, 7) is 0.448. The van der Waals surface area contributed by atoms with E-state index >= 15 is 0 Å². The van der Waals surface area contributed by atoms with Gasteiger partial charge in [-0.25, -0.2) is 0 Å². The standard InChI is InChI=1S/C12H19N3O3/c1-17-9-7-10(18-2)15-11(14-9)13-8-12(16)5-3-4-6-12/h7,16H,3-6,8H2,1-2H3,(H,13,14,15). The van der Waals surface area contributed by atoms with Gasteiger partial charge in [0.25, 0.3) is 0 Å². The van der Waals surface area contributed by atoms with Crippen LogP contribution >= 0.6 is 0 Å². The van der Waals surface area contributed by atoms with Gasteiger partial charge in [-0.3, -0.25) is 0 Å². The largest absolute Gasteiger partial charge is 0.481 e. The Morgan fingerprint density at radius 3 is 2.28 bits per heavy atom. The Balaban J connectivity index is 2.04. The number of hydrogen-bond donors (Lipinski definition) is 2. The number of rotatable bonds is 5. The summed E-state index contributed by atoms with van der Waals surface area (Å²) in [5.41, 5.74) is -0.639. The van der Waals surface area contributed by atoms with Gasteiger partial charge in [0.05, 0.1) is 25.9 Å². The maximum Gasteiger partial charge on any atom is 0.229 e. The third kappa shape index (κ3) is 3.01. The predicted molar refractivity (Wildman–Crippen MR) is 67.0 cm³/mol. The van der Waals surface area contributed by atoms with E-state index in [9.17, 15) is 5.11 Å². The number of aromatic nitrogens is 2. The Morgan fingerprint density at radius 2 is 1.78 bits per heavy atom. The summed E-state index contributed by atoms with van der Waals surface area (Å²) in [6, 6.07) is 1.61. The zero-order valence-corrected chi connectivity index (χ0v) is 10.8. The van der Waals surface area contributed by atoms with Crippen LogP contribution in [-0.4, -0.2) is 41.4 Å². The van der Waals surface area contributed by atoms with Crippen LogP contribution in [0.25, 0.3) is 0 Å². The zero-order valence-electron chi connectivity index (χ0n) is 10.8. The van der Waals surface area contributed by atoms with E-state index in [0.717, 1.165) is 25.7 Å². The summed E-state index contributed by atoms with van der Waals surface area (Å²) in [4.78, 5) is 8.31. The van der Waals surface area contributed by atoms with Crippen LogP contribution in [0.4, 0.5) is 5.95 Å². The molecule has 2 N–H and O–H groups in total. The summed E-state index contributed by atoms with van der Waals surface area (Å²) in [5.74, 6) is 1.28. The SMILES string of the molecule is COc1cc(OC)nc(NCC2(O)CCCC2)n1. The molecule has 1 heterocycles. The van der Waals surface area contributed by atoms with Gasteiger partial charge in [-0.15, -0.1) is 0 Å². The van der Waals surface area contributed by atoms with Gasteiger partial charge in [0.15, 0.2) is 0 Å². The lowest BCUT2D eigenvalue weighted by atomic mass is 10.0. The van der Waals surface area contributed by atoms with Crippen molar-refractivity contribution in [2.75, 3.05) is 26.1 Å². The Kier molecular flexibility index (Phi) is 3.86. The maximum atomic E-state index is 10.2. The van der Waals surface area contributed by atoms with Crippen LogP contribution in [0.15, 0.2) is 6.07 Å². The number of aliphatic hydroxyl groups is 1. The Bertz CT molecular complexity index is 383. The first-order valence-corrected chi connectivity index (χ1v) is 6.08. The summed E-state index contributed by atoms with van der Waals surface area (Å²) in [7, 11) is 3.08. The third-order valence-corrected chi connectivity index (χ3v) is 3.21. The first kappa shape index (κ1) is 12.9. The molecule has 0 atom stereocenters. The molecule has 100 valence electrons. The smallest absolute Gasteiger partial charge is 0.229 e. The fraction of sp³-hybridized carbons (Fsp3) is 0.667. The molecule has 2 rings (SSSR count). The van der Waals surface area contributed by atoms with Gasteiger partial charge in [0.1, 0.15) is 0 Å². The fourth-order valence-electron chi connectivity index (χ4n) is 2.15. The molecule has 1 aromatic heterocycles. The van der Waals surface area contributed by atoms with Crippen LogP contribution < -0.4 is 14.8 Å². The maximum absolute atomic E-state index is 10.2. The topological polar surface area (TPSA) is 76.5 Å².